The van der Waals surface area contributed by atoms with Crippen LogP contribution in [-0.4, -0.2) is 98.1 Å². The van der Waals surface area contributed by atoms with E-state index in [-0.39, 0.29) is 71.5 Å². The molecule has 1 aromatic heterocycles. The predicted molar refractivity (Wildman–Crippen MR) is 182 cm³/mol. The van der Waals surface area contributed by atoms with E-state index in [2.05, 4.69) is 24.9 Å². The van der Waals surface area contributed by atoms with Gasteiger partial charge in [-0.05, 0) is 62.3 Å². The fourth-order valence-corrected chi connectivity index (χ4v) is 8.84. The molecule has 0 amide bonds. The molecule has 0 atom stereocenters. The van der Waals surface area contributed by atoms with Crippen LogP contribution >= 0.6 is 30.4 Å². The van der Waals surface area contributed by atoms with Gasteiger partial charge >= 0.3 is 42.4 Å². The van der Waals surface area contributed by atoms with Gasteiger partial charge in [0.25, 0.3) is 0 Å². The van der Waals surface area contributed by atoms with Gasteiger partial charge in [0.1, 0.15) is 18.7 Å². The molecule has 0 bridgehead atoms. The number of ether oxygens (including phenoxy) is 2. The van der Waals surface area contributed by atoms with E-state index in [4.69, 9.17) is 51.1 Å². The molecule has 0 aromatic carbocycles. The molecule has 0 radical (unpaired) electrons. The average Bonchev–Trinajstić information content (AvgIpc) is 3.03. The summed E-state index contributed by atoms with van der Waals surface area (Å²) in [5, 5.41) is 8.32. The number of hydrogen-bond donors (Lipinski definition) is 1. The van der Waals surface area contributed by atoms with E-state index in [0.29, 0.717) is 0 Å². The van der Waals surface area contributed by atoms with Crippen LogP contribution in [0.25, 0.3) is 0 Å². The maximum atomic E-state index is 13.5. The van der Waals surface area contributed by atoms with Crippen LogP contribution in [0.15, 0.2) is 9.98 Å². The summed E-state index contributed by atoms with van der Waals surface area (Å²) >= 11 is 0. The number of nitrogens with one attached hydrogen (secondary N) is 1. The van der Waals surface area contributed by atoms with Crippen molar-refractivity contribution in [2.75, 3.05) is 66.1 Å². The molecule has 1 N–H and O–H groups in total. The van der Waals surface area contributed by atoms with Gasteiger partial charge < -0.3 is 45.7 Å². The van der Waals surface area contributed by atoms with E-state index in [9.17, 15) is 18.3 Å². The number of hydrogen-bond acceptors (Lipinski definition) is 18. The molecule has 20 nitrogen and oxygen atoms in total. The SMILES string of the molecule is CCOP(=O)(OCC)C(=N)N=C(N=C(C)P(=O)(OCC)OCC)OCCOc1nc(P(=O)(OCC)OCC)nc(P(=O)(OCC)OCC)n1. The standard InChI is InChI=1S/C25H48N6O14P4/c1-10-38-46(32,39-11-2)20(9)27-22(28-21(26)47(33,40-12-3)41-13-4)36-18-19-37-23-29-24(48(34,42-14-5)43-15-6)31-25(30-23)49(35,44-16-7)45-17-8/h26H,10-19H2,1-9H3. The molecule has 1 heterocycles. The first kappa shape index (κ1) is 45.2. The quantitative estimate of drug-likeness (QED) is 0.0605. The smallest absolute Gasteiger partial charge is 0.398 e. The van der Waals surface area contributed by atoms with Gasteiger partial charge in [0.05, 0.1) is 52.9 Å². The monoisotopic (exact) mass is 780 g/mol. The molecule has 1 rings (SSSR count). The third kappa shape index (κ3) is 13.7. The second kappa shape index (κ2) is 22.2. The van der Waals surface area contributed by atoms with Crippen LogP contribution in [-0.2, 0) is 59.2 Å². The van der Waals surface area contributed by atoms with E-state index in [1.807, 2.05) is 0 Å². The Kier molecular flexibility index (Phi) is 20.5. The summed E-state index contributed by atoms with van der Waals surface area (Å²) in [4.78, 5) is 20.2. The number of amidine groups is 2. The lowest BCUT2D eigenvalue weighted by Crippen LogP contribution is -2.30. The zero-order chi connectivity index (χ0) is 37.1. The second-order valence-electron chi connectivity index (χ2n) is 8.62. The van der Waals surface area contributed by atoms with Crippen molar-refractivity contribution in [2.45, 2.75) is 62.3 Å². The Morgan fingerprint density at radius 2 is 0.959 bits per heavy atom. The summed E-state index contributed by atoms with van der Waals surface area (Å²) in [5.74, 6) is 0. The molecule has 0 saturated heterocycles. The lowest BCUT2D eigenvalue weighted by Gasteiger charge is -2.19. The van der Waals surface area contributed by atoms with Crippen molar-refractivity contribution in [3.05, 3.63) is 0 Å². The van der Waals surface area contributed by atoms with Crippen molar-refractivity contribution >= 4 is 58.6 Å². The Morgan fingerprint density at radius 1 is 0.571 bits per heavy atom. The molecule has 24 heteroatoms. The highest BCUT2D eigenvalue weighted by atomic mass is 31.2. The topological polar surface area (TPSA) is 248 Å². The highest BCUT2D eigenvalue weighted by Gasteiger charge is 2.38. The second-order valence-corrected chi connectivity index (χ2v) is 16.5. The molecule has 0 aliphatic rings. The van der Waals surface area contributed by atoms with Gasteiger partial charge in [-0.15, -0.1) is 0 Å². The van der Waals surface area contributed by atoms with E-state index < -0.39 is 59.1 Å². The van der Waals surface area contributed by atoms with Gasteiger partial charge in [-0.2, -0.15) is 24.9 Å². The maximum Gasteiger partial charge on any atom is 0.398 e. The summed E-state index contributed by atoms with van der Waals surface area (Å²) in [6.07, 6.45) is 0. The van der Waals surface area contributed by atoms with Crippen molar-refractivity contribution in [1.82, 2.24) is 15.0 Å². The molecule has 0 aliphatic carbocycles. The summed E-state index contributed by atoms with van der Waals surface area (Å²) in [6.45, 7) is 13.1. The Morgan fingerprint density at radius 3 is 1.35 bits per heavy atom. The number of aliphatic imine (C=N–C) groups is 2. The first-order chi connectivity index (χ1) is 23.2. The summed E-state index contributed by atoms with van der Waals surface area (Å²) in [6, 6.07) is -1.06. The van der Waals surface area contributed by atoms with Crippen molar-refractivity contribution in [3.8, 4) is 6.01 Å². The van der Waals surface area contributed by atoms with E-state index in [1.54, 1.807) is 55.4 Å². The van der Waals surface area contributed by atoms with E-state index in [1.165, 1.54) is 6.92 Å². The molecule has 49 heavy (non-hydrogen) atoms. The first-order valence-electron chi connectivity index (χ1n) is 15.5. The highest BCUT2D eigenvalue weighted by Crippen LogP contribution is 2.51. The van der Waals surface area contributed by atoms with Gasteiger partial charge in [0, 0.05) is 0 Å². The molecule has 0 spiro atoms. The largest absolute Gasteiger partial charge is 0.460 e. The third-order valence-electron chi connectivity index (χ3n) is 5.13. The van der Waals surface area contributed by atoms with Gasteiger partial charge in [-0.1, -0.05) is 0 Å². The van der Waals surface area contributed by atoms with Gasteiger partial charge in [0.15, 0.2) is 0 Å². The molecule has 282 valence electrons. The van der Waals surface area contributed by atoms with E-state index in [0.717, 1.165) is 0 Å². The van der Waals surface area contributed by atoms with Crippen LogP contribution in [0.3, 0.4) is 0 Å². The van der Waals surface area contributed by atoms with Crippen molar-refractivity contribution in [2.24, 2.45) is 9.98 Å². The number of aromatic nitrogens is 3. The minimum absolute atomic E-state index is 0.0277. The van der Waals surface area contributed by atoms with Crippen molar-refractivity contribution in [1.29, 1.82) is 5.41 Å². The first-order valence-corrected chi connectivity index (χ1v) is 21.7. The van der Waals surface area contributed by atoms with Crippen LogP contribution in [0.5, 0.6) is 6.01 Å². The predicted octanol–water partition coefficient (Wildman–Crippen LogP) is 5.29. The lowest BCUT2D eigenvalue weighted by atomic mass is 10.7. The Balaban J connectivity index is 3.57. The summed E-state index contributed by atoms with van der Waals surface area (Å²) < 4.78 is 107. The van der Waals surface area contributed by atoms with E-state index >= 15 is 0 Å². The molecule has 0 aliphatic heterocycles. The molecule has 0 fully saturated rings. The fourth-order valence-electron chi connectivity index (χ4n) is 3.40. The highest BCUT2D eigenvalue weighted by molar-refractivity contribution is 7.72. The summed E-state index contributed by atoms with van der Waals surface area (Å²) in [7, 11) is -16.4. The van der Waals surface area contributed by atoms with Crippen molar-refractivity contribution < 1.29 is 63.9 Å². The zero-order valence-electron chi connectivity index (χ0n) is 29.3. The maximum absolute atomic E-state index is 13.5. The molecule has 1 aromatic rings. The zero-order valence-corrected chi connectivity index (χ0v) is 32.9. The van der Waals surface area contributed by atoms with Crippen LogP contribution in [0, 0.1) is 5.41 Å². The van der Waals surface area contributed by atoms with Crippen LogP contribution in [0.1, 0.15) is 62.3 Å². The molecule has 0 saturated carbocycles. The lowest BCUT2D eigenvalue weighted by molar-refractivity contribution is 0.195. The molecule has 0 unspecified atom stereocenters. The van der Waals surface area contributed by atoms with Gasteiger partial charge in [0.2, 0.25) is 16.7 Å². The molecular formula is C25H48N6O14P4. The third-order valence-corrected chi connectivity index (χ3v) is 12.8. The summed E-state index contributed by atoms with van der Waals surface area (Å²) in [5.41, 5.74) is -2.03. The minimum atomic E-state index is -4.17. The van der Waals surface area contributed by atoms with Crippen LogP contribution in [0.4, 0.5) is 0 Å². The average molecular weight is 781 g/mol. The Labute approximate surface area is 287 Å². The Bertz CT molecular complexity index is 1370. The minimum Gasteiger partial charge on any atom is -0.460 e. The van der Waals surface area contributed by atoms with Gasteiger partial charge in [-0.3, -0.25) is 23.7 Å². The fraction of sp³-hybridized carbons (Fsp3) is 0.760. The normalized spacial score (nSPS) is 13.5. The Hall–Kier alpha value is -1.78. The van der Waals surface area contributed by atoms with Crippen LogP contribution < -0.4 is 15.9 Å². The number of rotatable bonds is 24. The van der Waals surface area contributed by atoms with Gasteiger partial charge in [-0.25, -0.2) is 0 Å². The number of nitrogens with zero attached hydrogens (tertiary/aromatic N) is 5. The molecular weight excluding hydrogens is 732 g/mol. The van der Waals surface area contributed by atoms with Crippen LogP contribution in [0.2, 0.25) is 0 Å². The van der Waals surface area contributed by atoms with Crippen molar-refractivity contribution in [3.63, 3.8) is 0 Å².